The van der Waals surface area contributed by atoms with Crippen molar-refractivity contribution in [2.45, 2.75) is 6.54 Å². The topological polar surface area (TPSA) is 23.5 Å². The molecular weight excluding hydrogens is 157 g/mol. The van der Waals surface area contributed by atoms with E-state index in [1.54, 1.807) is 6.07 Å². The molecule has 1 rings (SSSR count). The Hall–Kier alpha value is -1.09. The molecule has 0 aliphatic heterocycles. The highest BCUT2D eigenvalue weighted by molar-refractivity contribution is 5.28. The predicted octanol–water partition coefficient (Wildman–Crippen LogP) is 1.59. The second-order valence-electron chi connectivity index (χ2n) is 3.06. The second kappa shape index (κ2) is 3.54. The minimum Gasteiger partial charge on any atom is -0.508 e. The van der Waals surface area contributed by atoms with Crippen LogP contribution in [0.1, 0.15) is 5.56 Å². The Kier molecular flexibility index (Phi) is 2.65. The van der Waals surface area contributed by atoms with E-state index in [4.69, 9.17) is 5.11 Å². The zero-order valence-corrected chi connectivity index (χ0v) is 7.21. The van der Waals surface area contributed by atoms with Gasteiger partial charge in [-0.3, -0.25) is 0 Å². The molecule has 0 fully saturated rings. The molecule has 0 aliphatic carbocycles. The Balaban J connectivity index is 2.85. The molecule has 0 radical (unpaired) electrons. The van der Waals surface area contributed by atoms with Gasteiger partial charge in [0.1, 0.15) is 11.6 Å². The molecule has 66 valence electrons. The van der Waals surface area contributed by atoms with Crippen molar-refractivity contribution in [1.29, 1.82) is 0 Å². The van der Waals surface area contributed by atoms with E-state index in [0.29, 0.717) is 6.54 Å². The van der Waals surface area contributed by atoms with Gasteiger partial charge in [0.2, 0.25) is 0 Å². The van der Waals surface area contributed by atoms with Crippen LogP contribution in [0.2, 0.25) is 0 Å². The van der Waals surface area contributed by atoms with Gasteiger partial charge in [0, 0.05) is 12.6 Å². The van der Waals surface area contributed by atoms with Crippen molar-refractivity contribution in [3.63, 3.8) is 0 Å². The Bertz CT molecular complexity index is 253. The van der Waals surface area contributed by atoms with Crippen LogP contribution in [0.4, 0.5) is 4.39 Å². The first-order valence-corrected chi connectivity index (χ1v) is 3.71. The van der Waals surface area contributed by atoms with E-state index in [9.17, 15) is 4.39 Å². The van der Waals surface area contributed by atoms with Gasteiger partial charge in [-0.1, -0.05) is 0 Å². The van der Waals surface area contributed by atoms with Crippen LogP contribution >= 0.6 is 0 Å². The van der Waals surface area contributed by atoms with Crippen LogP contribution < -0.4 is 0 Å². The molecule has 0 spiro atoms. The normalized spacial score (nSPS) is 10.7. The van der Waals surface area contributed by atoms with Crippen molar-refractivity contribution in [1.82, 2.24) is 4.90 Å². The summed E-state index contributed by atoms with van der Waals surface area (Å²) in [5.74, 6) is -0.418. The van der Waals surface area contributed by atoms with Gasteiger partial charge in [-0.25, -0.2) is 4.39 Å². The first-order valence-electron chi connectivity index (χ1n) is 3.71. The van der Waals surface area contributed by atoms with E-state index in [1.165, 1.54) is 6.07 Å². The zero-order chi connectivity index (χ0) is 9.14. The summed E-state index contributed by atoms with van der Waals surface area (Å²) in [6, 6.07) is 4.07. The number of phenolic OH excluding ortho intramolecular Hbond substituents is 1. The van der Waals surface area contributed by atoms with Gasteiger partial charge in [0.25, 0.3) is 0 Å². The fourth-order valence-electron chi connectivity index (χ4n) is 1.09. The van der Waals surface area contributed by atoms with Gasteiger partial charge in [-0.15, -0.1) is 0 Å². The maximum atomic E-state index is 12.7. The van der Waals surface area contributed by atoms with E-state index < -0.39 is 5.82 Å². The molecule has 1 N–H and O–H groups in total. The average Bonchev–Trinajstić information content (AvgIpc) is 1.81. The summed E-state index contributed by atoms with van der Waals surface area (Å²) >= 11 is 0. The summed E-state index contributed by atoms with van der Waals surface area (Å²) in [6.45, 7) is 0.630. The van der Waals surface area contributed by atoms with Crippen molar-refractivity contribution < 1.29 is 9.50 Å². The zero-order valence-electron chi connectivity index (χ0n) is 7.21. The fourth-order valence-corrected chi connectivity index (χ4v) is 1.09. The maximum Gasteiger partial charge on any atom is 0.127 e. The van der Waals surface area contributed by atoms with Crippen molar-refractivity contribution in [3.05, 3.63) is 29.6 Å². The number of hydrogen-bond acceptors (Lipinski definition) is 2. The number of halogens is 1. The molecule has 12 heavy (non-hydrogen) atoms. The highest BCUT2D eigenvalue weighted by Gasteiger charge is 2.00. The largest absolute Gasteiger partial charge is 0.508 e. The van der Waals surface area contributed by atoms with E-state index in [-0.39, 0.29) is 5.75 Å². The fraction of sp³-hybridized carbons (Fsp3) is 0.333. The van der Waals surface area contributed by atoms with Crippen LogP contribution in [0.5, 0.6) is 5.75 Å². The van der Waals surface area contributed by atoms with Gasteiger partial charge >= 0.3 is 0 Å². The van der Waals surface area contributed by atoms with Crippen molar-refractivity contribution in [3.8, 4) is 5.75 Å². The van der Waals surface area contributed by atoms with Crippen molar-refractivity contribution >= 4 is 0 Å². The van der Waals surface area contributed by atoms with Crippen LogP contribution in [-0.4, -0.2) is 24.1 Å². The predicted molar refractivity (Wildman–Crippen MR) is 45.5 cm³/mol. The van der Waals surface area contributed by atoms with Gasteiger partial charge in [-0.05, 0) is 31.8 Å². The summed E-state index contributed by atoms with van der Waals surface area (Å²) in [6.07, 6.45) is 0. The van der Waals surface area contributed by atoms with Crippen LogP contribution in [0.25, 0.3) is 0 Å². The molecule has 0 saturated carbocycles. The monoisotopic (exact) mass is 169 g/mol. The summed E-state index contributed by atoms with van der Waals surface area (Å²) in [7, 11) is 3.78. The summed E-state index contributed by atoms with van der Waals surface area (Å²) < 4.78 is 12.7. The van der Waals surface area contributed by atoms with Crippen LogP contribution in [0.3, 0.4) is 0 Å². The van der Waals surface area contributed by atoms with Gasteiger partial charge in [0.15, 0.2) is 0 Å². The molecule has 0 aromatic heterocycles. The molecule has 0 saturated heterocycles. The van der Waals surface area contributed by atoms with Gasteiger partial charge in [0.05, 0.1) is 0 Å². The lowest BCUT2D eigenvalue weighted by atomic mass is 10.2. The molecule has 0 aliphatic rings. The maximum absolute atomic E-state index is 12.7. The third kappa shape index (κ3) is 2.51. The number of rotatable bonds is 2. The molecule has 0 amide bonds. The summed E-state index contributed by atoms with van der Waals surface area (Å²) in [4.78, 5) is 1.91. The average molecular weight is 169 g/mol. The minimum absolute atomic E-state index is 0.0214. The molecule has 3 heteroatoms. The number of hydrogen-bond donors (Lipinski definition) is 1. The lowest BCUT2D eigenvalue weighted by Gasteiger charge is -2.09. The number of aromatic hydroxyl groups is 1. The van der Waals surface area contributed by atoms with Gasteiger partial charge < -0.3 is 10.0 Å². The number of nitrogens with zero attached hydrogens (tertiary/aromatic N) is 1. The second-order valence-corrected chi connectivity index (χ2v) is 3.06. The quantitative estimate of drug-likeness (QED) is 0.726. The van der Waals surface area contributed by atoms with Crippen LogP contribution in [0, 0.1) is 5.82 Å². The number of benzene rings is 1. The molecule has 2 nitrogen and oxygen atoms in total. The lowest BCUT2D eigenvalue weighted by Crippen LogP contribution is -2.10. The Morgan fingerprint density at radius 2 is 2.00 bits per heavy atom. The highest BCUT2D eigenvalue weighted by atomic mass is 19.1. The minimum atomic E-state index is -0.396. The van der Waals surface area contributed by atoms with Crippen molar-refractivity contribution in [2.75, 3.05) is 14.1 Å². The smallest absolute Gasteiger partial charge is 0.127 e. The Labute approximate surface area is 71.2 Å². The lowest BCUT2D eigenvalue weighted by molar-refractivity contribution is 0.398. The van der Waals surface area contributed by atoms with E-state index in [2.05, 4.69) is 0 Å². The molecule has 0 unspecified atom stereocenters. The van der Waals surface area contributed by atoms with E-state index in [1.807, 2.05) is 19.0 Å². The summed E-state index contributed by atoms with van der Waals surface area (Å²) in [5, 5.41) is 9.05. The Morgan fingerprint density at radius 3 is 2.50 bits per heavy atom. The molecule has 1 aromatic carbocycles. The molecule has 0 bridgehead atoms. The molecular formula is C9H12FNO. The first-order chi connectivity index (χ1) is 5.58. The molecule has 0 heterocycles. The Morgan fingerprint density at radius 1 is 1.33 bits per heavy atom. The van der Waals surface area contributed by atoms with Gasteiger partial charge in [-0.2, -0.15) is 0 Å². The highest BCUT2D eigenvalue weighted by Crippen LogP contribution is 2.15. The SMILES string of the molecule is CN(C)Cc1cc(O)cc(F)c1. The molecule has 1 aromatic rings. The van der Waals surface area contributed by atoms with Crippen molar-refractivity contribution in [2.24, 2.45) is 0 Å². The van der Waals surface area contributed by atoms with Crippen LogP contribution in [-0.2, 0) is 6.54 Å². The summed E-state index contributed by atoms with van der Waals surface area (Å²) in [5.41, 5.74) is 0.775. The third-order valence-electron chi connectivity index (χ3n) is 1.44. The number of phenols is 1. The van der Waals surface area contributed by atoms with E-state index in [0.717, 1.165) is 11.6 Å². The molecule has 0 atom stereocenters. The van der Waals surface area contributed by atoms with E-state index >= 15 is 0 Å². The third-order valence-corrected chi connectivity index (χ3v) is 1.44. The standard InChI is InChI=1S/C9H12FNO/c1-11(2)6-7-3-8(10)5-9(12)4-7/h3-5,12H,6H2,1-2H3. The first kappa shape index (κ1) is 9.00. The van der Waals surface area contributed by atoms with Crippen LogP contribution in [0.15, 0.2) is 18.2 Å².